The van der Waals surface area contributed by atoms with Gasteiger partial charge in [0.2, 0.25) is 10.0 Å². The number of benzene rings is 2. The van der Waals surface area contributed by atoms with Gasteiger partial charge in [-0.05, 0) is 75.2 Å². The van der Waals surface area contributed by atoms with Gasteiger partial charge >= 0.3 is 0 Å². The van der Waals surface area contributed by atoms with Crippen LogP contribution < -0.4 is 14.8 Å². The third-order valence-corrected chi connectivity index (χ3v) is 7.13. The first-order valence-electron chi connectivity index (χ1n) is 10.9. The van der Waals surface area contributed by atoms with Crippen molar-refractivity contribution in [2.24, 2.45) is 0 Å². The lowest BCUT2D eigenvalue weighted by Crippen LogP contribution is -2.36. The summed E-state index contributed by atoms with van der Waals surface area (Å²) in [5, 5.41) is 4.36. The molecule has 4 rings (SSSR count). The summed E-state index contributed by atoms with van der Waals surface area (Å²) in [4.78, 5) is 4.89. The second-order valence-electron chi connectivity index (χ2n) is 8.03. The predicted molar refractivity (Wildman–Crippen MR) is 125 cm³/mol. The molecule has 3 aromatic rings. The van der Waals surface area contributed by atoms with Crippen molar-refractivity contribution < 1.29 is 13.2 Å². The van der Waals surface area contributed by atoms with E-state index in [4.69, 9.17) is 4.74 Å². The minimum absolute atomic E-state index is 0.0437. The first kappa shape index (κ1) is 21.6. The highest BCUT2D eigenvalue weighted by Crippen LogP contribution is 2.30. The number of fused-ring (bicyclic) bond motifs is 1. The molecule has 1 aromatic heterocycles. The van der Waals surface area contributed by atoms with Gasteiger partial charge in [-0.3, -0.25) is 4.98 Å². The summed E-state index contributed by atoms with van der Waals surface area (Å²) in [6.07, 6.45) is 5.18. The Labute approximate surface area is 184 Å². The summed E-state index contributed by atoms with van der Waals surface area (Å²) in [5.74, 6) is 0.791. The highest BCUT2D eigenvalue weighted by molar-refractivity contribution is 7.89. The van der Waals surface area contributed by atoms with E-state index >= 15 is 0 Å². The van der Waals surface area contributed by atoms with Crippen LogP contribution >= 0.6 is 0 Å². The van der Waals surface area contributed by atoms with E-state index < -0.39 is 10.0 Å². The molecule has 1 fully saturated rings. The Morgan fingerprint density at radius 2 is 1.77 bits per heavy atom. The van der Waals surface area contributed by atoms with Crippen molar-refractivity contribution in [3.05, 3.63) is 54.2 Å². The van der Waals surface area contributed by atoms with Crippen molar-refractivity contribution >= 4 is 32.3 Å². The van der Waals surface area contributed by atoms with Gasteiger partial charge in [0.25, 0.3) is 0 Å². The Balaban J connectivity index is 1.56. The predicted octanol–water partition coefficient (Wildman–Crippen LogP) is 5.30. The van der Waals surface area contributed by atoms with Crippen LogP contribution in [0.4, 0.5) is 11.4 Å². The maximum absolute atomic E-state index is 12.7. The molecule has 0 spiro atoms. The molecule has 0 atom stereocenters. The van der Waals surface area contributed by atoms with Crippen LogP contribution in [-0.4, -0.2) is 26.1 Å². The molecule has 6 nitrogen and oxygen atoms in total. The van der Waals surface area contributed by atoms with E-state index in [1.165, 1.54) is 6.42 Å². The Morgan fingerprint density at radius 1 is 1.03 bits per heavy atom. The summed E-state index contributed by atoms with van der Waals surface area (Å²) in [5.41, 5.74) is 3.49. The first-order valence-corrected chi connectivity index (χ1v) is 12.4. The van der Waals surface area contributed by atoms with E-state index in [-0.39, 0.29) is 10.9 Å². The molecule has 2 N–H and O–H groups in total. The lowest BCUT2D eigenvalue weighted by Gasteiger charge is -2.22. The second kappa shape index (κ2) is 9.24. The Bertz CT molecular complexity index is 1150. The van der Waals surface area contributed by atoms with E-state index in [0.29, 0.717) is 6.61 Å². The molecule has 0 saturated heterocycles. The molecular formula is C24H29N3O3S. The van der Waals surface area contributed by atoms with Crippen molar-refractivity contribution in [2.75, 3.05) is 11.9 Å². The number of hydrogen-bond donors (Lipinski definition) is 2. The summed E-state index contributed by atoms with van der Waals surface area (Å²) in [7, 11) is -3.51. The number of nitrogens with one attached hydrogen (secondary N) is 2. The number of hydrogen-bond acceptors (Lipinski definition) is 5. The van der Waals surface area contributed by atoms with Gasteiger partial charge in [0.1, 0.15) is 5.75 Å². The van der Waals surface area contributed by atoms with E-state index in [0.717, 1.165) is 59.4 Å². The van der Waals surface area contributed by atoms with Crippen LogP contribution in [0.15, 0.2) is 53.4 Å². The van der Waals surface area contributed by atoms with E-state index in [9.17, 15) is 8.42 Å². The molecule has 1 saturated carbocycles. The molecule has 1 aliphatic carbocycles. The Hall–Kier alpha value is -2.64. The van der Waals surface area contributed by atoms with Gasteiger partial charge < -0.3 is 10.1 Å². The van der Waals surface area contributed by atoms with Crippen molar-refractivity contribution in [3.8, 4) is 5.75 Å². The van der Waals surface area contributed by atoms with Crippen molar-refractivity contribution in [2.45, 2.75) is 56.9 Å². The lowest BCUT2D eigenvalue weighted by atomic mass is 9.96. The highest BCUT2D eigenvalue weighted by atomic mass is 32.2. The minimum atomic E-state index is -3.51. The topological polar surface area (TPSA) is 80.3 Å². The maximum atomic E-state index is 12.7. The summed E-state index contributed by atoms with van der Waals surface area (Å²) >= 11 is 0. The van der Waals surface area contributed by atoms with Crippen LogP contribution in [0.5, 0.6) is 5.75 Å². The number of aryl methyl sites for hydroxylation is 1. The van der Waals surface area contributed by atoms with Crippen LogP contribution in [0.2, 0.25) is 0 Å². The molecule has 0 radical (unpaired) electrons. The standard InChI is InChI=1S/C24H29N3O3S/c1-3-30-20-11-14-23-22(16-20)24(15-17(2)25-23)26-18-9-12-21(13-10-18)31(28,29)27-19-7-5-4-6-8-19/h9-16,19,27H,3-8H2,1-2H3,(H,25,26). The number of ether oxygens (including phenoxy) is 1. The van der Waals surface area contributed by atoms with Crippen LogP contribution in [0, 0.1) is 6.92 Å². The average Bonchev–Trinajstić information content (AvgIpc) is 2.75. The van der Waals surface area contributed by atoms with Gasteiger partial charge in [-0.2, -0.15) is 0 Å². The molecule has 0 unspecified atom stereocenters. The molecule has 1 aliphatic rings. The van der Waals surface area contributed by atoms with Crippen LogP contribution in [0.25, 0.3) is 10.9 Å². The normalized spacial score (nSPS) is 15.2. The zero-order chi connectivity index (χ0) is 21.8. The number of sulfonamides is 1. The number of nitrogens with zero attached hydrogens (tertiary/aromatic N) is 1. The first-order chi connectivity index (χ1) is 14.9. The number of rotatable bonds is 7. The number of pyridine rings is 1. The molecule has 1 heterocycles. The van der Waals surface area contributed by atoms with Gasteiger partial charge in [0.15, 0.2) is 0 Å². The van der Waals surface area contributed by atoms with E-state index in [2.05, 4.69) is 15.0 Å². The zero-order valence-corrected chi connectivity index (χ0v) is 18.8. The fourth-order valence-corrected chi connectivity index (χ4v) is 5.38. The Kier molecular flexibility index (Phi) is 6.43. The molecule has 7 heteroatoms. The maximum Gasteiger partial charge on any atom is 0.240 e. The summed E-state index contributed by atoms with van der Waals surface area (Å²) < 4.78 is 34.0. The summed E-state index contributed by atoms with van der Waals surface area (Å²) in [6.45, 7) is 4.50. The minimum Gasteiger partial charge on any atom is -0.494 e. The highest BCUT2D eigenvalue weighted by Gasteiger charge is 2.21. The molecule has 0 aliphatic heterocycles. The number of aromatic nitrogens is 1. The van der Waals surface area contributed by atoms with Crippen molar-refractivity contribution in [1.82, 2.24) is 9.71 Å². The van der Waals surface area contributed by atoms with Gasteiger partial charge in [-0.1, -0.05) is 19.3 Å². The molecule has 2 aromatic carbocycles. The van der Waals surface area contributed by atoms with E-state index in [1.807, 2.05) is 38.1 Å². The molecule has 164 valence electrons. The van der Waals surface area contributed by atoms with Crippen LogP contribution in [-0.2, 0) is 10.0 Å². The van der Waals surface area contributed by atoms with Gasteiger partial charge in [-0.15, -0.1) is 0 Å². The van der Waals surface area contributed by atoms with E-state index in [1.54, 1.807) is 24.3 Å². The van der Waals surface area contributed by atoms with Crippen LogP contribution in [0.1, 0.15) is 44.7 Å². The fraction of sp³-hybridized carbons (Fsp3) is 0.375. The quantitative estimate of drug-likeness (QED) is 0.522. The van der Waals surface area contributed by atoms with Crippen molar-refractivity contribution in [1.29, 1.82) is 0 Å². The molecule has 0 amide bonds. The smallest absolute Gasteiger partial charge is 0.240 e. The zero-order valence-electron chi connectivity index (χ0n) is 18.0. The van der Waals surface area contributed by atoms with Crippen molar-refractivity contribution in [3.63, 3.8) is 0 Å². The SMILES string of the molecule is CCOc1ccc2nc(C)cc(Nc3ccc(S(=O)(=O)NC4CCCCC4)cc3)c2c1. The van der Waals surface area contributed by atoms with Crippen LogP contribution in [0.3, 0.4) is 0 Å². The third-order valence-electron chi connectivity index (χ3n) is 5.59. The molecule has 0 bridgehead atoms. The molecule has 31 heavy (non-hydrogen) atoms. The Morgan fingerprint density at radius 3 is 2.48 bits per heavy atom. The fourth-order valence-electron chi connectivity index (χ4n) is 4.08. The summed E-state index contributed by atoms with van der Waals surface area (Å²) in [6, 6.07) is 14.7. The monoisotopic (exact) mass is 439 g/mol. The molecular weight excluding hydrogens is 410 g/mol. The van der Waals surface area contributed by atoms with Gasteiger partial charge in [-0.25, -0.2) is 13.1 Å². The number of anilines is 2. The third kappa shape index (κ3) is 5.17. The second-order valence-corrected chi connectivity index (χ2v) is 9.74. The average molecular weight is 440 g/mol. The lowest BCUT2D eigenvalue weighted by molar-refractivity contribution is 0.340. The van der Waals surface area contributed by atoms with Gasteiger partial charge in [0.05, 0.1) is 17.0 Å². The largest absolute Gasteiger partial charge is 0.494 e. The van der Waals surface area contributed by atoms with Gasteiger partial charge in [0, 0.05) is 28.5 Å².